The predicted octanol–water partition coefficient (Wildman–Crippen LogP) is 5.53. The van der Waals surface area contributed by atoms with Crippen LogP contribution < -0.4 is 0 Å². The Balaban J connectivity index is 0.000000659. The largest absolute Gasteiger partial charge is 0.305 e. The van der Waals surface area contributed by atoms with Gasteiger partial charge in [-0.1, -0.05) is 67.5 Å². The molecule has 0 unspecified atom stereocenters. The molecule has 4 rings (SSSR count). The summed E-state index contributed by atoms with van der Waals surface area (Å²) in [7, 11) is 0. The van der Waals surface area contributed by atoms with Gasteiger partial charge in [0, 0.05) is 23.5 Å². The minimum absolute atomic E-state index is 0.202. The van der Waals surface area contributed by atoms with Gasteiger partial charge < -0.3 is 4.90 Å². The molecule has 0 fully saturated rings. The van der Waals surface area contributed by atoms with Crippen LogP contribution in [0.1, 0.15) is 37.8 Å². The standard InChI is InChI=1S/C18H16N4OS.C3H8/c19-18-22-9-1-8-20-17(22)15-7-6-14(10-16(15)24-18)13-4-2-12(3-5-13)11-21-23;1-3-2/h2-7,10,19H,1,8-9,11H2;3H2,1-2H3. The Morgan fingerprint density at radius 1 is 1.15 bits per heavy atom. The SMILES string of the molecule is CCC.N=C1Sc2cc(-c3ccc(CN=O)cc3)ccc2C2=NCCCN12. The first-order valence-corrected chi connectivity index (χ1v) is 10.1. The van der Waals surface area contributed by atoms with Crippen molar-refractivity contribution < 1.29 is 0 Å². The van der Waals surface area contributed by atoms with E-state index in [4.69, 9.17) is 5.41 Å². The highest BCUT2D eigenvalue weighted by Gasteiger charge is 2.29. The molecule has 0 radical (unpaired) electrons. The Hall–Kier alpha value is -2.47. The molecule has 5 nitrogen and oxygen atoms in total. The second-order valence-corrected chi connectivity index (χ2v) is 7.55. The summed E-state index contributed by atoms with van der Waals surface area (Å²) in [5.74, 6) is 0.930. The van der Waals surface area contributed by atoms with E-state index in [9.17, 15) is 4.91 Å². The molecule has 0 saturated heterocycles. The summed E-state index contributed by atoms with van der Waals surface area (Å²) in [5.41, 5.74) is 4.22. The molecule has 2 aliphatic heterocycles. The Morgan fingerprint density at radius 3 is 2.56 bits per heavy atom. The summed E-state index contributed by atoms with van der Waals surface area (Å²) in [4.78, 5) is 18.0. The van der Waals surface area contributed by atoms with Crippen molar-refractivity contribution in [3.05, 3.63) is 58.5 Å². The minimum atomic E-state index is 0.202. The molecular weight excluding hydrogens is 356 g/mol. The van der Waals surface area contributed by atoms with Crippen LogP contribution in [0.2, 0.25) is 0 Å². The molecule has 2 aromatic rings. The predicted molar refractivity (Wildman–Crippen MR) is 114 cm³/mol. The Kier molecular flexibility index (Phi) is 6.40. The van der Waals surface area contributed by atoms with E-state index >= 15 is 0 Å². The second-order valence-electron chi connectivity index (χ2n) is 6.52. The lowest BCUT2D eigenvalue weighted by Crippen LogP contribution is -2.42. The van der Waals surface area contributed by atoms with Crippen molar-refractivity contribution in [1.82, 2.24) is 4.90 Å². The number of fused-ring (bicyclic) bond motifs is 3. The molecule has 27 heavy (non-hydrogen) atoms. The molecule has 1 N–H and O–H groups in total. The van der Waals surface area contributed by atoms with Crippen molar-refractivity contribution in [3.8, 4) is 11.1 Å². The van der Waals surface area contributed by atoms with E-state index in [1.807, 2.05) is 29.2 Å². The zero-order valence-electron chi connectivity index (χ0n) is 15.7. The van der Waals surface area contributed by atoms with Crippen molar-refractivity contribution in [2.75, 3.05) is 13.1 Å². The molecule has 0 saturated carbocycles. The Bertz CT molecular complexity index is 861. The molecule has 2 aromatic carbocycles. The smallest absolute Gasteiger partial charge is 0.166 e. The van der Waals surface area contributed by atoms with Crippen molar-refractivity contribution in [1.29, 1.82) is 5.41 Å². The van der Waals surface area contributed by atoms with Crippen molar-refractivity contribution in [2.24, 2.45) is 10.2 Å². The van der Waals surface area contributed by atoms with Crippen LogP contribution in [0.5, 0.6) is 0 Å². The average molecular weight is 381 g/mol. The lowest BCUT2D eigenvalue weighted by atomic mass is 10.0. The maximum atomic E-state index is 10.3. The third kappa shape index (κ3) is 4.27. The number of benzene rings is 2. The maximum absolute atomic E-state index is 10.3. The van der Waals surface area contributed by atoms with Gasteiger partial charge in [-0.25, -0.2) is 0 Å². The number of amidine groups is 2. The number of nitroso groups, excluding NO2 is 1. The second kappa shape index (κ2) is 8.95. The fourth-order valence-corrected chi connectivity index (χ4v) is 3.99. The number of hydrogen-bond acceptors (Lipinski definition) is 5. The van der Waals surface area contributed by atoms with Gasteiger partial charge in [0.15, 0.2) is 5.17 Å². The first kappa shape index (κ1) is 19.3. The molecule has 0 spiro atoms. The van der Waals surface area contributed by atoms with Crippen LogP contribution in [-0.4, -0.2) is 29.0 Å². The molecule has 2 heterocycles. The van der Waals surface area contributed by atoms with Gasteiger partial charge in [-0.15, -0.1) is 0 Å². The summed E-state index contributed by atoms with van der Waals surface area (Å²) in [5, 5.41) is 11.7. The van der Waals surface area contributed by atoms with Crippen LogP contribution in [0.25, 0.3) is 11.1 Å². The van der Waals surface area contributed by atoms with Gasteiger partial charge in [0.1, 0.15) is 12.4 Å². The third-order valence-electron chi connectivity index (χ3n) is 4.27. The molecule has 0 aliphatic carbocycles. The van der Waals surface area contributed by atoms with E-state index in [1.165, 1.54) is 18.2 Å². The van der Waals surface area contributed by atoms with Gasteiger partial charge in [0.05, 0.1) is 0 Å². The topological polar surface area (TPSA) is 68.9 Å². The molecule has 6 heteroatoms. The third-order valence-corrected chi connectivity index (χ3v) is 5.24. The highest BCUT2D eigenvalue weighted by molar-refractivity contribution is 8.14. The highest BCUT2D eigenvalue weighted by Crippen LogP contribution is 2.36. The number of nitrogens with zero attached hydrogens (tertiary/aromatic N) is 3. The van der Waals surface area contributed by atoms with Crippen molar-refractivity contribution >= 4 is 22.8 Å². The van der Waals surface area contributed by atoms with Gasteiger partial charge in [0.25, 0.3) is 0 Å². The number of rotatable bonds is 3. The lowest BCUT2D eigenvalue weighted by molar-refractivity contribution is 0.552. The number of hydrogen-bond donors (Lipinski definition) is 1. The van der Waals surface area contributed by atoms with Crippen molar-refractivity contribution in [2.45, 2.75) is 38.1 Å². The fraction of sp³-hybridized carbons (Fsp3) is 0.333. The van der Waals surface area contributed by atoms with Crippen LogP contribution in [0, 0.1) is 10.3 Å². The normalized spacial score (nSPS) is 15.1. The highest BCUT2D eigenvalue weighted by atomic mass is 32.2. The number of nitrogens with one attached hydrogen (secondary N) is 1. The van der Waals surface area contributed by atoms with E-state index in [0.717, 1.165) is 52.5 Å². The monoisotopic (exact) mass is 380 g/mol. The van der Waals surface area contributed by atoms with Gasteiger partial charge in [0.2, 0.25) is 0 Å². The van der Waals surface area contributed by atoms with Crippen LogP contribution in [0.4, 0.5) is 0 Å². The molecular formula is C21H24N4OS. The Labute approximate surface area is 164 Å². The summed E-state index contributed by atoms with van der Waals surface area (Å²) < 4.78 is 0. The summed E-state index contributed by atoms with van der Waals surface area (Å²) in [6, 6.07) is 14.2. The summed E-state index contributed by atoms with van der Waals surface area (Å²) in [6.45, 7) is 6.16. The van der Waals surface area contributed by atoms with Crippen molar-refractivity contribution in [3.63, 3.8) is 0 Å². The van der Waals surface area contributed by atoms with Gasteiger partial charge >= 0.3 is 0 Å². The number of aliphatic imine (C=N–C) groups is 1. The Morgan fingerprint density at radius 2 is 1.85 bits per heavy atom. The zero-order chi connectivity index (χ0) is 19.2. The van der Waals surface area contributed by atoms with Crippen LogP contribution in [0.15, 0.2) is 57.5 Å². The maximum Gasteiger partial charge on any atom is 0.166 e. The first-order chi connectivity index (χ1) is 13.2. The lowest BCUT2D eigenvalue weighted by Gasteiger charge is -2.34. The minimum Gasteiger partial charge on any atom is -0.305 e. The van der Waals surface area contributed by atoms with E-state index in [-0.39, 0.29) is 6.54 Å². The molecule has 2 aliphatic rings. The van der Waals surface area contributed by atoms with Gasteiger partial charge in [-0.2, -0.15) is 4.91 Å². The van der Waals surface area contributed by atoms with E-state index < -0.39 is 0 Å². The molecule has 0 amide bonds. The van der Waals surface area contributed by atoms with Crippen LogP contribution in [-0.2, 0) is 6.54 Å². The molecule has 0 bridgehead atoms. The summed E-state index contributed by atoms with van der Waals surface area (Å²) >= 11 is 1.49. The first-order valence-electron chi connectivity index (χ1n) is 9.29. The molecule has 0 atom stereocenters. The van der Waals surface area contributed by atoms with E-state index in [1.54, 1.807) is 0 Å². The van der Waals surface area contributed by atoms with Gasteiger partial charge in [-0.3, -0.25) is 10.4 Å². The van der Waals surface area contributed by atoms with E-state index in [2.05, 4.69) is 42.2 Å². The zero-order valence-corrected chi connectivity index (χ0v) is 16.6. The van der Waals surface area contributed by atoms with E-state index in [0.29, 0.717) is 5.17 Å². The molecule has 140 valence electrons. The van der Waals surface area contributed by atoms with Gasteiger partial charge in [-0.05, 0) is 35.2 Å². The summed E-state index contributed by atoms with van der Waals surface area (Å²) in [6.07, 6.45) is 2.25. The quantitative estimate of drug-likeness (QED) is 0.712. The average Bonchev–Trinajstić information content (AvgIpc) is 2.69. The fourth-order valence-electron chi connectivity index (χ4n) is 3.04. The number of thioether (sulfide) groups is 1. The van der Waals surface area contributed by atoms with Crippen LogP contribution >= 0.6 is 11.8 Å². The van der Waals surface area contributed by atoms with Crippen LogP contribution in [0.3, 0.4) is 0 Å². The molecule has 0 aromatic heterocycles.